The average molecular weight is 314 g/mol. The second kappa shape index (κ2) is 9.20. The third-order valence-corrected chi connectivity index (χ3v) is 2.89. The van der Waals surface area contributed by atoms with E-state index in [4.69, 9.17) is 0 Å². The highest BCUT2D eigenvalue weighted by molar-refractivity contribution is 9.10. The van der Waals surface area contributed by atoms with E-state index in [0.717, 1.165) is 16.0 Å². The van der Waals surface area contributed by atoms with Crippen LogP contribution in [-0.2, 0) is 0 Å². The van der Waals surface area contributed by atoms with Crippen LogP contribution in [0.25, 0.3) is 0 Å². The number of aromatic nitrogens is 2. The van der Waals surface area contributed by atoms with E-state index in [0.29, 0.717) is 11.7 Å². The number of nitrogens with zero attached hydrogens (tertiary/aromatic N) is 3. The summed E-state index contributed by atoms with van der Waals surface area (Å²) in [5.74, 6) is 1.15. The van der Waals surface area contributed by atoms with Gasteiger partial charge in [0, 0.05) is 5.71 Å². The fourth-order valence-electron chi connectivity index (χ4n) is 0.853. The maximum Gasteiger partial charge on any atom is 0.173 e. The van der Waals surface area contributed by atoms with Gasteiger partial charge in [-0.25, -0.2) is 15.0 Å². The van der Waals surface area contributed by atoms with Crippen LogP contribution in [0.1, 0.15) is 53.2 Å². The molecule has 1 rings (SSSR count). The molecule has 102 valence electrons. The molecule has 0 aromatic carbocycles. The Morgan fingerprint density at radius 3 is 2.28 bits per heavy atom. The summed E-state index contributed by atoms with van der Waals surface area (Å²) in [5, 5.41) is 0. The van der Waals surface area contributed by atoms with Gasteiger partial charge < -0.3 is 0 Å². The first-order chi connectivity index (χ1) is 8.42. The fourth-order valence-corrected chi connectivity index (χ4v) is 1.22. The van der Waals surface area contributed by atoms with Crippen LogP contribution in [0.3, 0.4) is 0 Å². The molecule has 1 aromatic rings. The van der Waals surface area contributed by atoms with Crippen molar-refractivity contribution < 1.29 is 0 Å². The molecule has 0 saturated carbocycles. The maximum atomic E-state index is 4.42. The van der Waals surface area contributed by atoms with Crippen molar-refractivity contribution in [1.29, 1.82) is 0 Å². The monoisotopic (exact) mass is 313 g/mol. The van der Waals surface area contributed by atoms with Crippen LogP contribution in [0.15, 0.2) is 15.8 Å². The van der Waals surface area contributed by atoms with Crippen molar-refractivity contribution in [3.63, 3.8) is 0 Å². The van der Waals surface area contributed by atoms with Gasteiger partial charge in [-0.2, -0.15) is 0 Å². The SMILES string of the molecule is CC(=Nc1ncc(Br)nc1C)C(C)C.CCCC. The minimum atomic E-state index is 0.444. The number of aliphatic imine (C=N–C) groups is 1. The molecule has 0 aliphatic heterocycles. The molecule has 0 N–H and O–H groups in total. The van der Waals surface area contributed by atoms with Gasteiger partial charge in [0.2, 0.25) is 0 Å². The zero-order valence-electron chi connectivity index (χ0n) is 12.3. The molecule has 0 spiro atoms. The third kappa shape index (κ3) is 6.84. The summed E-state index contributed by atoms with van der Waals surface area (Å²) < 4.78 is 0.746. The van der Waals surface area contributed by atoms with Gasteiger partial charge in [-0.3, -0.25) is 0 Å². The lowest BCUT2D eigenvalue weighted by Gasteiger charge is -2.04. The summed E-state index contributed by atoms with van der Waals surface area (Å²) in [6, 6.07) is 0. The number of hydrogen-bond donors (Lipinski definition) is 0. The van der Waals surface area contributed by atoms with Crippen LogP contribution in [0.4, 0.5) is 5.82 Å². The maximum absolute atomic E-state index is 4.42. The first-order valence-corrected chi connectivity index (χ1v) is 7.25. The molecular weight excluding hydrogens is 290 g/mol. The molecule has 18 heavy (non-hydrogen) atoms. The molecule has 1 aromatic heterocycles. The summed E-state index contributed by atoms with van der Waals surface area (Å²) in [4.78, 5) is 12.9. The van der Waals surface area contributed by atoms with Gasteiger partial charge in [-0.1, -0.05) is 40.5 Å². The van der Waals surface area contributed by atoms with E-state index in [9.17, 15) is 0 Å². The second-order valence-electron chi connectivity index (χ2n) is 4.51. The summed E-state index contributed by atoms with van der Waals surface area (Å²) in [6.07, 6.45) is 4.30. The van der Waals surface area contributed by atoms with Gasteiger partial charge in [0.1, 0.15) is 4.60 Å². The summed E-state index contributed by atoms with van der Waals surface area (Å²) in [7, 11) is 0. The number of unbranched alkanes of at least 4 members (excludes halogenated alkanes) is 1. The first kappa shape index (κ1) is 17.2. The lowest BCUT2D eigenvalue weighted by molar-refractivity contribution is 0.876. The van der Waals surface area contributed by atoms with Gasteiger partial charge >= 0.3 is 0 Å². The highest BCUT2D eigenvalue weighted by Gasteiger charge is 2.03. The molecule has 3 nitrogen and oxygen atoms in total. The predicted octanol–water partition coefficient (Wildman–Crippen LogP) is 5.10. The Hall–Kier alpha value is -0.770. The van der Waals surface area contributed by atoms with Crippen LogP contribution < -0.4 is 0 Å². The Balaban J connectivity index is 0.000000631. The molecule has 4 heteroatoms. The summed E-state index contributed by atoms with van der Waals surface area (Å²) >= 11 is 3.27. The van der Waals surface area contributed by atoms with E-state index in [1.165, 1.54) is 12.8 Å². The molecule has 0 aliphatic carbocycles. The second-order valence-corrected chi connectivity index (χ2v) is 5.32. The van der Waals surface area contributed by atoms with Gasteiger partial charge in [-0.15, -0.1) is 0 Å². The van der Waals surface area contributed by atoms with Gasteiger partial charge in [0.25, 0.3) is 0 Å². The van der Waals surface area contributed by atoms with Gasteiger partial charge in [0.05, 0.1) is 11.9 Å². The van der Waals surface area contributed by atoms with Crippen molar-refractivity contribution in [2.24, 2.45) is 10.9 Å². The molecule has 1 heterocycles. The van der Waals surface area contributed by atoms with Gasteiger partial charge in [-0.05, 0) is 35.7 Å². The van der Waals surface area contributed by atoms with E-state index in [2.05, 4.69) is 58.6 Å². The third-order valence-electron chi connectivity index (χ3n) is 2.51. The lowest BCUT2D eigenvalue weighted by atomic mass is 10.1. The summed E-state index contributed by atoms with van der Waals surface area (Å²) in [6.45, 7) is 12.5. The van der Waals surface area contributed by atoms with Crippen molar-refractivity contribution in [2.45, 2.75) is 54.4 Å². The number of aryl methyl sites for hydroxylation is 1. The van der Waals surface area contributed by atoms with Crippen molar-refractivity contribution >= 4 is 27.5 Å². The minimum Gasteiger partial charge on any atom is -0.241 e. The predicted molar refractivity (Wildman–Crippen MR) is 82.7 cm³/mol. The smallest absolute Gasteiger partial charge is 0.173 e. The first-order valence-electron chi connectivity index (χ1n) is 6.46. The Morgan fingerprint density at radius 1 is 1.33 bits per heavy atom. The Bertz CT molecular complexity index is 385. The molecule has 0 radical (unpaired) electrons. The fraction of sp³-hybridized carbons (Fsp3) is 0.643. The van der Waals surface area contributed by atoms with E-state index >= 15 is 0 Å². The Labute approximate surface area is 119 Å². The average Bonchev–Trinajstić information content (AvgIpc) is 2.32. The number of rotatable bonds is 3. The largest absolute Gasteiger partial charge is 0.241 e. The standard InChI is InChI=1S/C10H14BrN3.C4H10/c1-6(2)7(3)14-10-8(4)13-9(11)5-12-10;1-3-4-2/h5-6H,1-4H3;3-4H2,1-2H3. The normalized spacial score (nSPS) is 11.2. The number of halogens is 1. The number of hydrogen-bond acceptors (Lipinski definition) is 3. The molecule has 0 aliphatic rings. The lowest BCUT2D eigenvalue weighted by Crippen LogP contribution is -2.01. The molecule has 0 atom stereocenters. The molecule has 0 saturated heterocycles. The van der Waals surface area contributed by atoms with Crippen molar-refractivity contribution in [3.8, 4) is 0 Å². The van der Waals surface area contributed by atoms with E-state index < -0.39 is 0 Å². The summed E-state index contributed by atoms with van der Waals surface area (Å²) in [5.41, 5.74) is 1.92. The van der Waals surface area contributed by atoms with Crippen LogP contribution in [-0.4, -0.2) is 15.7 Å². The minimum absolute atomic E-state index is 0.444. The molecule has 0 bridgehead atoms. The van der Waals surface area contributed by atoms with Crippen LogP contribution >= 0.6 is 15.9 Å². The van der Waals surface area contributed by atoms with E-state index in [-0.39, 0.29) is 0 Å². The van der Waals surface area contributed by atoms with E-state index in [1.54, 1.807) is 6.20 Å². The van der Waals surface area contributed by atoms with Crippen LogP contribution in [0.5, 0.6) is 0 Å². The van der Waals surface area contributed by atoms with Crippen LogP contribution in [0.2, 0.25) is 0 Å². The molecular formula is C14H24BrN3. The molecule has 0 amide bonds. The topological polar surface area (TPSA) is 38.1 Å². The van der Waals surface area contributed by atoms with Crippen LogP contribution in [0, 0.1) is 12.8 Å². The van der Waals surface area contributed by atoms with E-state index in [1.807, 2.05) is 13.8 Å². The van der Waals surface area contributed by atoms with Crippen molar-refractivity contribution in [1.82, 2.24) is 9.97 Å². The Kier molecular flexibility index (Phi) is 8.81. The molecule has 0 fully saturated rings. The highest BCUT2D eigenvalue weighted by atomic mass is 79.9. The van der Waals surface area contributed by atoms with Crippen molar-refractivity contribution in [3.05, 3.63) is 16.5 Å². The van der Waals surface area contributed by atoms with Crippen molar-refractivity contribution in [2.75, 3.05) is 0 Å². The molecule has 0 unspecified atom stereocenters. The quantitative estimate of drug-likeness (QED) is 0.728. The zero-order chi connectivity index (χ0) is 14.1. The Morgan fingerprint density at radius 2 is 1.89 bits per heavy atom. The van der Waals surface area contributed by atoms with Gasteiger partial charge in [0.15, 0.2) is 5.82 Å². The highest BCUT2D eigenvalue weighted by Crippen LogP contribution is 2.16. The zero-order valence-corrected chi connectivity index (χ0v) is 13.9.